The number of rotatable bonds is 9. The standard InChI is InChI=1S/C21H29N5O2S/c1-28-10-8-22-21(27)20-14-25-9-7-16(20)11-18(25)13-26-12-17(23-24-26)15-29-19-5-3-2-4-6-19/h2-6,12,16,18,20H,7-11,13-15H2,1H3,(H,22,27)/t16-,18+,20-/m0/s1. The number of benzene rings is 1. The van der Waals surface area contributed by atoms with Gasteiger partial charge in [-0.2, -0.15) is 0 Å². The Bertz CT molecular complexity index is 799. The maximum absolute atomic E-state index is 12.5. The molecule has 0 radical (unpaired) electrons. The summed E-state index contributed by atoms with van der Waals surface area (Å²) in [6, 6.07) is 10.8. The fourth-order valence-corrected chi connectivity index (χ4v) is 5.21. The molecular formula is C21H29N5O2S. The van der Waals surface area contributed by atoms with E-state index in [1.165, 1.54) is 4.90 Å². The van der Waals surface area contributed by atoms with Gasteiger partial charge in [-0.05, 0) is 37.4 Å². The van der Waals surface area contributed by atoms with E-state index in [2.05, 4.69) is 51.0 Å². The van der Waals surface area contributed by atoms with Crippen molar-refractivity contribution in [2.75, 3.05) is 33.4 Å². The lowest BCUT2D eigenvalue weighted by molar-refractivity contribution is -0.133. The first kappa shape index (κ1) is 20.4. The summed E-state index contributed by atoms with van der Waals surface area (Å²) in [5.74, 6) is 1.57. The summed E-state index contributed by atoms with van der Waals surface area (Å²) in [5, 5.41) is 11.7. The number of carbonyl (C=O) groups excluding carboxylic acids is 1. The summed E-state index contributed by atoms with van der Waals surface area (Å²) in [7, 11) is 1.65. The zero-order valence-electron chi connectivity index (χ0n) is 16.9. The van der Waals surface area contributed by atoms with E-state index in [9.17, 15) is 4.79 Å². The largest absolute Gasteiger partial charge is 0.383 e. The molecule has 156 valence electrons. The van der Waals surface area contributed by atoms with Gasteiger partial charge in [-0.25, -0.2) is 0 Å². The highest BCUT2D eigenvalue weighted by Crippen LogP contribution is 2.37. The lowest BCUT2D eigenvalue weighted by Gasteiger charge is -2.49. The topological polar surface area (TPSA) is 72.3 Å². The van der Waals surface area contributed by atoms with Crippen LogP contribution in [-0.4, -0.2) is 65.2 Å². The number of fused-ring (bicyclic) bond motifs is 3. The molecule has 1 aromatic heterocycles. The van der Waals surface area contributed by atoms with Crippen molar-refractivity contribution in [3.63, 3.8) is 0 Å². The zero-order chi connectivity index (χ0) is 20.1. The number of thioether (sulfide) groups is 1. The minimum absolute atomic E-state index is 0.102. The van der Waals surface area contributed by atoms with Gasteiger partial charge in [-0.1, -0.05) is 23.4 Å². The van der Waals surface area contributed by atoms with Crippen molar-refractivity contribution in [3.05, 3.63) is 42.2 Å². The summed E-state index contributed by atoms with van der Waals surface area (Å²) >= 11 is 1.78. The van der Waals surface area contributed by atoms with Crippen LogP contribution in [0.3, 0.4) is 0 Å². The fraction of sp³-hybridized carbons (Fsp3) is 0.571. The van der Waals surface area contributed by atoms with Crippen LogP contribution in [0.25, 0.3) is 0 Å². The van der Waals surface area contributed by atoms with Crippen molar-refractivity contribution in [1.29, 1.82) is 0 Å². The van der Waals surface area contributed by atoms with Gasteiger partial charge in [0.1, 0.15) is 0 Å². The summed E-state index contributed by atoms with van der Waals surface area (Å²) in [6.45, 7) is 3.91. The van der Waals surface area contributed by atoms with Gasteiger partial charge < -0.3 is 10.1 Å². The van der Waals surface area contributed by atoms with Gasteiger partial charge in [-0.15, -0.1) is 16.9 Å². The van der Waals surface area contributed by atoms with E-state index < -0.39 is 0 Å². The predicted octanol–water partition coefficient (Wildman–Crippen LogP) is 2.04. The molecule has 3 aliphatic heterocycles. The Balaban J connectivity index is 1.28. The van der Waals surface area contributed by atoms with E-state index in [1.807, 2.05) is 10.7 Å². The quantitative estimate of drug-likeness (QED) is 0.499. The zero-order valence-corrected chi connectivity index (χ0v) is 17.7. The van der Waals surface area contributed by atoms with Crippen LogP contribution in [-0.2, 0) is 21.8 Å². The lowest BCUT2D eigenvalue weighted by Crippen LogP contribution is -2.58. The number of ether oxygens (including phenoxy) is 1. The number of piperidine rings is 3. The third-order valence-electron chi connectivity index (χ3n) is 5.93. The number of amides is 1. The molecule has 29 heavy (non-hydrogen) atoms. The summed E-state index contributed by atoms with van der Waals surface area (Å²) in [6.07, 6.45) is 4.22. The molecule has 4 atom stereocenters. The second kappa shape index (κ2) is 9.73. The van der Waals surface area contributed by atoms with E-state index in [-0.39, 0.29) is 11.8 Å². The molecule has 4 heterocycles. The summed E-state index contributed by atoms with van der Waals surface area (Å²) in [4.78, 5) is 16.2. The molecule has 3 fully saturated rings. The maximum Gasteiger partial charge on any atom is 0.224 e. The number of nitrogens with zero attached hydrogens (tertiary/aromatic N) is 4. The van der Waals surface area contributed by atoms with Gasteiger partial charge in [-0.3, -0.25) is 14.4 Å². The van der Waals surface area contributed by atoms with Gasteiger partial charge in [0.25, 0.3) is 0 Å². The molecule has 0 spiro atoms. The monoisotopic (exact) mass is 415 g/mol. The molecular weight excluding hydrogens is 386 g/mol. The Hall–Kier alpha value is -1.90. The highest BCUT2D eigenvalue weighted by molar-refractivity contribution is 7.98. The first-order valence-electron chi connectivity index (χ1n) is 10.3. The Kier molecular flexibility index (Phi) is 6.84. The molecule has 0 saturated carbocycles. The third-order valence-corrected chi connectivity index (χ3v) is 6.98. The predicted molar refractivity (Wildman–Crippen MR) is 112 cm³/mol. The smallest absolute Gasteiger partial charge is 0.224 e. The summed E-state index contributed by atoms with van der Waals surface area (Å²) < 4.78 is 7.00. The number of nitrogens with one attached hydrogen (secondary N) is 1. The van der Waals surface area contributed by atoms with Crippen molar-refractivity contribution < 1.29 is 9.53 Å². The molecule has 8 heteroatoms. The molecule has 1 unspecified atom stereocenters. The van der Waals surface area contributed by atoms with Crippen LogP contribution in [0, 0.1) is 11.8 Å². The highest BCUT2D eigenvalue weighted by atomic mass is 32.2. The molecule has 2 aromatic rings. The van der Waals surface area contributed by atoms with E-state index in [1.54, 1.807) is 18.9 Å². The van der Waals surface area contributed by atoms with Crippen molar-refractivity contribution in [2.24, 2.45) is 11.8 Å². The molecule has 1 aromatic carbocycles. The van der Waals surface area contributed by atoms with Gasteiger partial charge >= 0.3 is 0 Å². The summed E-state index contributed by atoms with van der Waals surface area (Å²) in [5.41, 5.74) is 1.00. The van der Waals surface area contributed by atoms with Crippen molar-refractivity contribution >= 4 is 17.7 Å². The molecule has 2 bridgehead atoms. The van der Waals surface area contributed by atoms with Crippen LogP contribution in [0.15, 0.2) is 41.4 Å². The van der Waals surface area contributed by atoms with Crippen LogP contribution < -0.4 is 5.32 Å². The van der Waals surface area contributed by atoms with Crippen LogP contribution in [0.1, 0.15) is 18.5 Å². The Morgan fingerprint density at radius 1 is 1.34 bits per heavy atom. The average molecular weight is 416 g/mol. The van der Waals surface area contributed by atoms with E-state index in [0.717, 1.165) is 43.9 Å². The molecule has 5 rings (SSSR count). The second-order valence-electron chi connectivity index (χ2n) is 7.86. The minimum Gasteiger partial charge on any atom is -0.383 e. The second-order valence-corrected chi connectivity index (χ2v) is 8.91. The minimum atomic E-state index is 0.102. The van der Waals surface area contributed by atoms with Gasteiger partial charge in [0, 0.05) is 43.1 Å². The van der Waals surface area contributed by atoms with Crippen LogP contribution in [0.4, 0.5) is 0 Å². The SMILES string of the molecule is COCCNC(=O)[C@H]1CN2CC[C@H]1C[C@@H]2Cn1cc(CSc2ccccc2)nn1. The Labute approximate surface area is 176 Å². The molecule has 3 aliphatic rings. The van der Waals surface area contributed by atoms with E-state index in [0.29, 0.717) is 25.1 Å². The molecule has 1 amide bonds. The fourth-order valence-electron chi connectivity index (χ4n) is 4.42. The normalized spacial score (nSPS) is 25.8. The average Bonchev–Trinajstić information content (AvgIpc) is 3.21. The molecule has 3 saturated heterocycles. The van der Waals surface area contributed by atoms with Crippen LogP contribution in [0.2, 0.25) is 0 Å². The van der Waals surface area contributed by atoms with E-state index >= 15 is 0 Å². The number of carbonyl (C=O) groups is 1. The number of hydrogen-bond acceptors (Lipinski definition) is 6. The van der Waals surface area contributed by atoms with Gasteiger partial charge in [0.2, 0.25) is 5.91 Å². The first-order valence-corrected chi connectivity index (χ1v) is 11.3. The Morgan fingerprint density at radius 3 is 2.97 bits per heavy atom. The van der Waals surface area contributed by atoms with E-state index in [4.69, 9.17) is 4.74 Å². The maximum atomic E-state index is 12.5. The molecule has 0 aliphatic carbocycles. The number of hydrogen-bond donors (Lipinski definition) is 1. The van der Waals surface area contributed by atoms with Crippen molar-refractivity contribution in [1.82, 2.24) is 25.2 Å². The highest BCUT2D eigenvalue weighted by Gasteiger charge is 2.43. The van der Waals surface area contributed by atoms with Crippen LogP contribution in [0.5, 0.6) is 0 Å². The molecule has 1 N–H and O–H groups in total. The number of aromatic nitrogens is 3. The third kappa shape index (κ3) is 5.18. The lowest BCUT2D eigenvalue weighted by atomic mass is 9.75. The Morgan fingerprint density at radius 2 is 2.21 bits per heavy atom. The van der Waals surface area contributed by atoms with Gasteiger partial charge in [0.15, 0.2) is 0 Å². The molecule has 7 nitrogen and oxygen atoms in total. The first-order chi connectivity index (χ1) is 14.2. The number of methoxy groups -OCH3 is 1. The van der Waals surface area contributed by atoms with Crippen molar-refractivity contribution in [3.8, 4) is 0 Å². The van der Waals surface area contributed by atoms with Crippen LogP contribution >= 0.6 is 11.8 Å². The van der Waals surface area contributed by atoms with Crippen molar-refractivity contribution in [2.45, 2.75) is 36.1 Å². The van der Waals surface area contributed by atoms with Gasteiger partial charge in [0.05, 0.1) is 24.8 Å².